The summed E-state index contributed by atoms with van der Waals surface area (Å²) in [5.74, 6) is 0.642. The molecule has 0 saturated carbocycles. The molecule has 4 rings (SSSR count). The van der Waals surface area contributed by atoms with Gasteiger partial charge < -0.3 is 9.64 Å². The summed E-state index contributed by atoms with van der Waals surface area (Å²) >= 11 is 0. The minimum Gasteiger partial charge on any atom is -0.481 e. The summed E-state index contributed by atoms with van der Waals surface area (Å²) in [5, 5.41) is 13.5. The Balaban J connectivity index is 1.49. The molecule has 144 valence electrons. The summed E-state index contributed by atoms with van der Waals surface area (Å²) in [6.45, 7) is 7.27. The van der Waals surface area contributed by atoms with Crippen molar-refractivity contribution in [2.45, 2.75) is 32.5 Å². The Morgan fingerprint density at radius 1 is 1.14 bits per heavy atom. The van der Waals surface area contributed by atoms with Gasteiger partial charge in [0.15, 0.2) is 0 Å². The van der Waals surface area contributed by atoms with Crippen LogP contribution < -0.4 is 9.64 Å². The third-order valence-electron chi connectivity index (χ3n) is 5.46. The molecule has 0 N–H and O–H groups in total. The van der Waals surface area contributed by atoms with E-state index in [1.807, 2.05) is 24.5 Å². The fraction of sp³-hybridized carbons (Fsp3) is 0.381. The summed E-state index contributed by atoms with van der Waals surface area (Å²) < 4.78 is 6.94. The lowest BCUT2D eigenvalue weighted by Crippen LogP contribution is -2.56. The molecule has 2 atom stereocenters. The lowest BCUT2D eigenvalue weighted by molar-refractivity contribution is 0.123. The van der Waals surface area contributed by atoms with E-state index in [0.29, 0.717) is 23.5 Å². The van der Waals surface area contributed by atoms with E-state index in [4.69, 9.17) is 10.00 Å². The van der Waals surface area contributed by atoms with Crippen molar-refractivity contribution in [3.63, 3.8) is 0 Å². The second-order valence-electron chi connectivity index (χ2n) is 7.37. The molecule has 0 spiro atoms. The molecule has 3 aromatic rings. The Morgan fingerprint density at radius 3 is 2.57 bits per heavy atom. The number of methoxy groups -OCH3 is 1. The van der Waals surface area contributed by atoms with Gasteiger partial charge >= 0.3 is 0 Å². The van der Waals surface area contributed by atoms with Gasteiger partial charge in [0.05, 0.1) is 36.3 Å². The smallest absolute Gasteiger partial charge is 0.212 e. The molecule has 0 aliphatic carbocycles. The van der Waals surface area contributed by atoms with E-state index in [9.17, 15) is 0 Å². The van der Waals surface area contributed by atoms with Gasteiger partial charge in [-0.3, -0.25) is 4.90 Å². The average Bonchev–Trinajstić information content (AvgIpc) is 3.13. The fourth-order valence-corrected chi connectivity index (χ4v) is 3.96. The van der Waals surface area contributed by atoms with Crippen LogP contribution in [0.15, 0.2) is 42.9 Å². The largest absolute Gasteiger partial charge is 0.481 e. The zero-order valence-corrected chi connectivity index (χ0v) is 16.4. The number of piperazine rings is 1. The highest BCUT2D eigenvalue weighted by atomic mass is 16.5. The molecule has 0 aromatic carbocycles. The molecule has 28 heavy (non-hydrogen) atoms. The van der Waals surface area contributed by atoms with Crippen molar-refractivity contribution in [1.82, 2.24) is 19.5 Å². The molecule has 1 fully saturated rings. The number of pyridine rings is 2. The van der Waals surface area contributed by atoms with E-state index < -0.39 is 0 Å². The summed E-state index contributed by atoms with van der Waals surface area (Å²) in [6.07, 6.45) is 5.52. The van der Waals surface area contributed by atoms with Crippen molar-refractivity contribution in [3.8, 4) is 11.9 Å². The quantitative estimate of drug-likeness (QED) is 0.697. The first-order chi connectivity index (χ1) is 13.6. The van der Waals surface area contributed by atoms with E-state index in [0.717, 1.165) is 30.8 Å². The molecular weight excluding hydrogens is 352 g/mol. The highest BCUT2D eigenvalue weighted by Gasteiger charge is 2.29. The van der Waals surface area contributed by atoms with Gasteiger partial charge in [0.25, 0.3) is 0 Å². The van der Waals surface area contributed by atoms with Crippen molar-refractivity contribution in [2.75, 3.05) is 25.1 Å². The maximum atomic E-state index is 9.16. The van der Waals surface area contributed by atoms with Crippen LogP contribution in [0.2, 0.25) is 0 Å². The molecule has 0 amide bonds. The Morgan fingerprint density at radius 2 is 1.93 bits per heavy atom. The first-order valence-corrected chi connectivity index (χ1v) is 9.46. The normalized spacial score (nSPS) is 20.3. The van der Waals surface area contributed by atoms with E-state index in [1.165, 1.54) is 5.56 Å². The van der Waals surface area contributed by atoms with E-state index in [-0.39, 0.29) is 0 Å². The van der Waals surface area contributed by atoms with Crippen molar-refractivity contribution >= 4 is 11.2 Å². The van der Waals surface area contributed by atoms with Crippen LogP contribution in [0.1, 0.15) is 25.0 Å². The number of rotatable bonds is 4. The number of ether oxygens (including phenoxy) is 1. The number of hydrogen-bond acceptors (Lipinski definition) is 6. The number of nitrogens with zero attached hydrogens (tertiary/aromatic N) is 6. The molecule has 1 saturated heterocycles. The third-order valence-corrected chi connectivity index (χ3v) is 5.46. The monoisotopic (exact) mass is 376 g/mol. The van der Waals surface area contributed by atoms with E-state index in [2.05, 4.69) is 51.9 Å². The van der Waals surface area contributed by atoms with Crippen LogP contribution in [0.4, 0.5) is 5.69 Å². The lowest BCUT2D eigenvalue weighted by atomic mass is 10.1. The van der Waals surface area contributed by atoms with Crippen LogP contribution in [0, 0.1) is 11.3 Å². The molecule has 1 aliphatic heterocycles. The Hall–Kier alpha value is -3.11. The molecule has 7 nitrogen and oxygen atoms in total. The lowest BCUT2D eigenvalue weighted by Gasteiger charge is -2.45. The zero-order chi connectivity index (χ0) is 19.7. The minimum atomic E-state index is 0.397. The van der Waals surface area contributed by atoms with Gasteiger partial charge in [0.1, 0.15) is 6.07 Å². The average molecular weight is 376 g/mol. The van der Waals surface area contributed by atoms with Gasteiger partial charge in [-0.15, -0.1) is 0 Å². The number of anilines is 1. The second-order valence-corrected chi connectivity index (χ2v) is 7.37. The zero-order valence-electron chi connectivity index (χ0n) is 16.4. The van der Waals surface area contributed by atoms with Crippen molar-refractivity contribution in [2.24, 2.45) is 0 Å². The Labute approximate surface area is 164 Å². The van der Waals surface area contributed by atoms with Crippen molar-refractivity contribution < 1.29 is 4.74 Å². The maximum Gasteiger partial charge on any atom is 0.212 e. The van der Waals surface area contributed by atoms with Crippen LogP contribution in [-0.2, 0) is 6.54 Å². The highest BCUT2D eigenvalue weighted by molar-refractivity contribution is 5.63. The predicted molar refractivity (Wildman–Crippen MR) is 107 cm³/mol. The SMILES string of the molecule is COc1ccc(CN2[C@H](C)CN(c3ccc4c(C#N)cnn4c3)C[C@@H]2C)cn1. The standard InChI is InChI=1S/C21H24N6O/c1-15-11-25(19-5-6-20-18(8-22)10-24-27(20)14-19)12-16(2)26(15)13-17-4-7-21(28-3)23-9-17/h4-7,9-10,14-16H,11-13H2,1-3H3/t15-,16+. The van der Waals surface area contributed by atoms with Gasteiger partial charge in [0, 0.05) is 44.0 Å². The maximum absolute atomic E-state index is 9.16. The summed E-state index contributed by atoms with van der Waals surface area (Å²) in [7, 11) is 1.63. The fourth-order valence-electron chi connectivity index (χ4n) is 3.96. The second kappa shape index (κ2) is 7.49. The third kappa shape index (κ3) is 3.39. The van der Waals surface area contributed by atoms with Crippen LogP contribution >= 0.6 is 0 Å². The minimum absolute atomic E-state index is 0.397. The molecular formula is C21H24N6O. The molecule has 0 unspecified atom stereocenters. The van der Waals surface area contributed by atoms with Gasteiger partial charge in [-0.25, -0.2) is 9.50 Å². The molecule has 3 aromatic heterocycles. The van der Waals surface area contributed by atoms with Crippen LogP contribution in [-0.4, -0.2) is 51.8 Å². The Bertz CT molecular complexity index is 994. The number of hydrogen-bond donors (Lipinski definition) is 0. The molecule has 0 bridgehead atoms. The number of nitriles is 1. The molecule has 0 radical (unpaired) electrons. The molecule has 4 heterocycles. The van der Waals surface area contributed by atoms with E-state index in [1.54, 1.807) is 17.8 Å². The first kappa shape index (κ1) is 18.3. The predicted octanol–water partition coefficient (Wildman–Crippen LogP) is 2.71. The summed E-state index contributed by atoms with van der Waals surface area (Å²) in [6, 6.07) is 11.0. The first-order valence-electron chi connectivity index (χ1n) is 9.46. The number of aromatic nitrogens is 3. The van der Waals surface area contributed by atoms with Crippen molar-refractivity contribution in [1.29, 1.82) is 5.26 Å². The van der Waals surface area contributed by atoms with Gasteiger partial charge in [-0.05, 0) is 31.5 Å². The highest BCUT2D eigenvalue weighted by Crippen LogP contribution is 2.25. The number of fused-ring (bicyclic) bond motifs is 1. The summed E-state index contributed by atoms with van der Waals surface area (Å²) in [4.78, 5) is 9.23. The molecule has 7 heteroatoms. The van der Waals surface area contributed by atoms with Gasteiger partial charge in [-0.1, -0.05) is 6.07 Å². The van der Waals surface area contributed by atoms with Gasteiger partial charge in [-0.2, -0.15) is 10.4 Å². The van der Waals surface area contributed by atoms with Gasteiger partial charge in [0.2, 0.25) is 5.88 Å². The van der Waals surface area contributed by atoms with Crippen LogP contribution in [0.5, 0.6) is 5.88 Å². The van der Waals surface area contributed by atoms with Crippen LogP contribution in [0.25, 0.3) is 5.52 Å². The topological polar surface area (TPSA) is 69.7 Å². The van der Waals surface area contributed by atoms with Crippen molar-refractivity contribution in [3.05, 3.63) is 54.0 Å². The summed E-state index contributed by atoms with van der Waals surface area (Å²) in [5.41, 5.74) is 3.77. The molecule has 1 aliphatic rings. The van der Waals surface area contributed by atoms with Crippen LogP contribution in [0.3, 0.4) is 0 Å². The van der Waals surface area contributed by atoms with E-state index >= 15 is 0 Å². The Kier molecular flexibility index (Phi) is 4.88.